The highest BCUT2D eigenvalue weighted by atomic mass is 16.5. The van der Waals surface area contributed by atoms with Gasteiger partial charge in [-0.3, -0.25) is 4.79 Å². The van der Waals surface area contributed by atoms with E-state index < -0.39 is 0 Å². The molecule has 0 radical (unpaired) electrons. The van der Waals surface area contributed by atoms with Crippen LogP contribution in [0.3, 0.4) is 0 Å². The van der Waals surface area contributed by atoms with Gasteiger partial charge in [0.15, 0.2) is 0 Å². The Morgan fingerprint density at radius 2 is 1.52 bits per heavy atom. The van der Waals surface area contributed by atoms with Gasteiger partial charge in [-0.25, -0.2) is 0 Å². The molecule has 1 amide bonds. The highest BCUT2D eigenvalue weighted by Gasteiger charge is 2.15. The van der Waals surface area contributed by atoms with Crippen molar-refractivity contribution >= 4 is 12.0 Å². The predicted octanol–water partition coefficient (Wildman–Crippen LogP) is 4.92. The molecule has 0 saturated heterocycles. The molecule has 0 aromatic heterocycles. The molecule has 3 nitrogen and oxygen atoms in total. The zero-order chi connectivity index (χ0) is 19.1. The van der Waals surface area contributed by atoms with E-state index in [0.717, 1.165) is 22.4 Å². The highest BCUT2D eigenvalue weighted by molar-refractivity contribution is 5.92. The number of aryl methyl sites for hydroxylation is 1. The predicted molar refractivity (Wildman–Crippen MR) is 110 cm³/mol. The molecule has 3 aromatic carbocycles. The first kappa shape index (κ1) is 18.5. The fourth-order valence-corrected chi connectivity index (χ4v) is 2.84. The first-order chi connectivity index (χ1) is 13.2. The van der Waals surface area contributed by atoms with Crippen molar-refractivity contribution in [2.24, 2.45) is 0 Å². The van der Waals surface area contributed by atoms with Crippen LogP contribution in [0.1, 0.15) is 28.3 Å². The van der Waals surface area contributed by atoms with Crippen LogP contribution < -0.4 is 10.1 Å². The maximum Gasteiger partial charge on any atom is 0.244 e. The largest absolute Gasteiger partial charge is 0.497 e. The van der Waals surface area contributed by atoms with Gasteiger partial charge in [0.2, 0.25) is 5.91 Å². The standard InChI is InChI=1S/C24H23NO2/c1-18-8-13-21(14-9-18)24(20-6-4-3-5-7-20)25-23(26)17-12-19-10-15-22(27-2)16-11-19/h3-17,24H,1-2H3,(H,25,26)/b17-12+/t24-/m1/s1. The van der Waals surface area contributed by atoms with Crippen molar-refractivity contribution < 1.29 is 9.53 Å². The van der Waals surface area contributed by atoms with Crippen LogP contribution in [-0.4, -0.2) is 13.0 Å². The zero-order valence-electron chi connectivity index (χ0n) is 15.6. The van der Waals surface area contributed by atoms with Crippen LogP contribution in [0.5, 0.6) is 5.75 Å². The Bertz CT molecular complexity index is 897. The third-order valence-corrected chi connectivity index (χ3v) is 4.37. The van der Waals surface area contributed by atoms with Gasteiger partial charge in [0.25, 0.3) is 0 Å². The van der Waals surface area contributed by atoms with Gasteiger partial charge in [-0.2, -0.15) is 0 Å². The van der Waals surface area contributed by atoms with Gasteiger partial charge >= 0.3 is 0 Å². The molecular formula is C24H23NO2. The van der Waals surface area contributed by atoms with Crippen molar-refractivity contribution in [2.75, 3.05) is 7.11 Å². The van der Waals surface area contributed by atoms with Crippen LogP contribution in [0.15, 0.2) is 84.9 Å². The number of rotatable bonds is 6. The van der Waals surface area contributed by atoms with Crippen LogP contribution in [0.4, 0.5) is 0 Å². The molecule has 0 heterocycles. The lowest BCUT2D eigenvalue weighted by Crippen LogP contribution is -2.27. The summed E-state index contributed by atoms with van der Waals surface area (Å²) in [5.74, 6) is 0.653. The normalized spacial score (nSPS) is 11.9. The molecule has 3 rings (SSSR count). The molecule has 136 valence electrons. The molecule has 0 unspecified atom stereocenters. The van der Waals surface area contributed by atoms with Gasteiger partial charge < -0.3 is 10.1 Å². The average molecular weight is 357 g/mol. The van der Waals surface area contributed by atoms with Crippen molar-refractivity contribution in [3.63, 3.8) is 0 Å². The molecule has 0 spiro atoms. The number of benzene rings is 3. The van der Waals surface area contributed by atoms with Crippen molar-refractivity contribution in [1.82, 2.24) is 5.32 Å². The van der Waals surface area contributed by atoms with Crippen molar-refractivity contribution in [2.45, 2.75) is 13.0 Å². The number of hydrogen-bond donors (Lipinski definition) is 1. The summed E-state index contributed by atoms with van der Waals surface area (Å²) in [7, 11) is 1.63. The number of amides is 1. The summed E-state index contributed by atoms with van der Waals surface area (Å²) in [6, 6.07) is 25.6. The fourth-order valence-electron chi connectivity index (χ4n) is 2.84. The minimum Gasteiger partial charge on any atom is -0.497 e. The minimum atomic E-state index is -0.195. The van der Waals surface area contributed by atoms with Crippen molar-refractivity contribution in [3.05, 3.63) is 107 Å². The van der Waals surface area contributed by atoms with Gasteiger partial charge in [-0.05, 0) is 41.8 Å². The second-order valence-corrected chi connectivity index (χ2v) is 6.37. The van der Waals surface area contributed by atoms with Crippen LogP contribution in [0.2, 0.25) is 0 Å². The minimum absolute atomic E-state index is 0.139. The van der Waals surface area contributed by atoms with E-state index in [1.54, 1.807) is 19.3 Å². The highest BCUT2D eigenvalue weighted by Crippen LogP contribution is 2.22. The van der Waals surface area contributed by atoms with E-state index in [1.807, 2.05) is 54.6 Å². The Balaban J connectivity index is 1.77. The van der Waals surface area contributed by atoms with E-state index in [0.29, 0.717) is 0 Å². The molecule has 0 aliphatic rings. The smallest absolute Gasteiger partial charge is 0.244 e. The quantitative estimate of drug-likeness (QED) is 0.636. The lowest BCUT2D eigenvalue weighted by atomic mass is 9.98. The van der Waals surface area contributed by atoms with E-state index in [-0.39, 0.29) is 11.9 Å². The van der Waals surface area contributed by atoms with E-state index >= 15 is 0 Å². The van der Waals surface area contributed by atoms with Gasteiger partial charge in [-0.1, -0.05) is 72.3 Å². The number of carbonyl (C=O) groups excluding carboxylic acids is 1. The summed E-state index contributed by atoms with van der Waals surface area (Å²) in [5.41, 5.74) is 4.24. The topological polar surface area (TPSA) is 38.3 Å². The average Bonchev–Trinajstić information content (AvgIpc) is 2.72. The molecule has 1 atom stereocenters. The number of nitrogens with one attached hydrogen (secondary N) is 1. The van der Waals surface area contributed by atoms with E-state index in [9.17, 15) is 4.79 Å². The van der Waals surface area contributed by atoms with Crippen LogP contribution in [0.25, 0.3) is 6.08 Å². The van der Waals surface area contributed by atoms with Gasteiger partial charge in [0.1, 0.15) is 5.75 Å². The second kappa shape index (κ2) is 8.86. The SMILES string of the molecule is COc1ccc(/C=C/C(=O)N[C@H](c2ccccc2)c2ccc(C)cc2)cc1. The molecule has 27 heavy (non-hydrogen) atoms. The third-order valence-electron chi connectivity index (χ3n) is 4.37. The van der Waals surface area contributed by atoms with Gasteiger partial charge in [0, 0.05) is 6.08 Å². The lowest BCUT2D eigenvalue weighted by Gasteiger charge is -2.19. The Morgan fingerprint density at radius 3 is 2.15 bits per heavy atom. The molecule has 3 heteroatoms. The number of ether oxygens (including phenoxy) is 1. The lowest BCUT2D eigenvalue weighted by molar-refractivity contribution is -0.116. The first-order valence-corrected chi connectivity index (χ1v) is 8.90. The van der Waals surface area contributed by atoms with Crippen LogP contribution >= 0.6 is 0 Å². The molecule has 0 saturated carbocycles. The summed E-state index contributed by atoms with van der Waals surface area (Å²) in [6.07, 6.45) is 3.36. The van der Waals surface area contributed by atoms with Gasteiger partial charge in [0.05, 0.1) is 13.2 Å². The Morgan fingerprint density at radius 1 is 0.889 bits per heavy atom. The Hall–Kier alpha value is -3.33. The number of hydrogen-bond acceptors (Lipinski definition) is 2. The molecular weight excluding hydrogens is 334 g/mol. The number of carbonyl (C=O) groups is 1. The fraction of sp³-hybridized carbons (Fsp3) is 0.125. The molecule has 0 bridgehead atoms. The molecule has 3 aromatic rings. The number of methoxy groups -OCH3 is 1. The Labute approximate surface area is 160 Å². The molecule has 1 N–H and O–H groups in total. The summed E-state index contributed by atoms with van der Waals surface area (Å²) < 4.78 is 5.15. The monoisotopic (exact) mass is 357 g/mol. The van der Waals surface area contributed by atoms with Crippen molar-refractivity contribution in [1.29, 1.82) is 0 Å². The van der Waals surface area contributed by atoms with Crippen LogP contribution in [-0.2, 0) is 4.79 Å². The first-order valence-electron chi connectivity index (χ1n) is 8.90. The third kappa shape index (κ3) is 5.08. The zero-order valence-corrected chi connectivity index (χ0v) is 15.6. The summed E-state index contributed by atoms with van der Waals surface area (Å²) in [6.45, 7) is 2.05. The summed E-state index contributed by atoms with van der Waals surface area (Å²) in [5, 5.41) is 3.11. The van der Waals surface area contributed by atoms with Crippen molar-refractivity contribution in [3.8, 4) is 5.75 Å². The van der Waals surface area contributed by atoms with E-state index in [1.165, 1.54) is 5.56 Å². The van der Waals surface area contributed by atoms with Gasteiger partial charge in [-0.15, -0.1) is 0 Å². The molecule has 0 aliphatic carbocycles. The summed E-state index contributed by atoms with van der Waals surface area (Å²) >= 11 is 0. The maximum absolute atomic E-state index is 12.5. The van der Waals surface area contributed by atoms with Crippen LogP contribution in [0, 0.1) is 6.92 Å². The van der Waals surface area contributed by atoms with E-state index in [4.69, 9.17) is 4.74 Å². The van der Waals surface area contributed by atoms with E-state index in [2.05, 4.69) is 36.5 Å². The maximum atomic E-state index is 12.5. The summed E-state index contributed by atoms with van der Waals surface area (Å²) in [4.78, 5) is 12.5. The molecule has 0 fully saturated rings. The second-order valence-electron chi connectivity index (χ2n) is 6.37. The Kier molecular flexibility index (Phi) is 6.06. The molecule has 0 aliphatic heterocycles.